The van der Waals surface area contributed by atoms with Crippen molar-refractivity contribution >= 4 is 5.91 Å². The number of benzene rings is 2. The minimum absolute atomic E-state index is 0.00595. The summed E-state index contributed by atoms with van der Waals surface area (Å²) in [7, 11) is 3.22. The van der Waals surface area contributed by atoms with Crippen molar-refractivity contribution in [2.75, 3.05) is 60.4 Å². The molecule has 4 rings (SSSR count). The Morgan fingerprint density at radius 2 is 1.85 bits per heavy atom. The second-order valence-corrected chi connectivity index (χ2v) is 8.92. The molecular formula is C26H34N2O5. The van der Waals surface area contributed by atoms with Crippen LogP contribution < -0.4 is 9.47 Å². The zero-order chi connectivity index (χ0) is 23.2. The van der Waals surface area contributed by atoms with E-state index in [1.54, 1.807) is 14.2 Å². The summed E-state index contributed by atoms with van der Waals surface area (Å²) in [6, 6.07) is 15.0. The number of carbonyl (C=O) groups excluding carboxylic acids is 1. The van der Waals surface area contributed by atoms with E-state index in [2.05, 4.69) is 48.2 Å². The number of ether oxygens (including phenoxy) is 4. The Morgan fingerprint density at radius 3 is 2.61 bits per heavy atom. The molecule has 7 heteroatoms. The molecule has 2 aliphatic rings. The second kappa shape index (κ2) is 11.0. The topological polar surface area (TPSA) is 60.5 Å². The van der Waals surface area contributed by atoms with Crippen molar-refractivity contribution in [2.24, 2.45) is 5.92 Å². The Labute approximate surface area is 196 Å². The summed E-state index contributed by atoms with van der Waals surface area (Å²) in [6.07, 6.45) is 0. The molecule has 2 atom stereocenters. The summed E-state index contributed by atoms with van der Waals surface area (Å²) in [5.74, 6) is 2.29. The third kappa shape index (κ3) is 5.85. The van der Waals surface area contributed by atoms with Crippen LogP contribution in [0.5, 0.6) is 11.5 Å². The number of hydrogen-bond acceptors (Lipinski definition) is 6. The smallest absolute Gasteiger partial charge is 0.248 e. The number of carbonyl (C=O) groups is 1. The molecule has 0 spiro atoms. The lowest BCUT2D eigenvalue weighted by Gasteiger charge is -2.28. The van der Waals surface area contributed by atoms with Crippen molar-refractivity contribution in [3.05, 3.63) is 59.2 Å². The maximum Gasteiger partial charge on any atom is 0.248 e. The molecule has 1 fully saturated rings. The van der Waals surface area contributed by atoms with Gasteiger partial charge < -0.3 is 23.8 Å². The maximum absolute atomic E-state index is 12.7. The fourth-order valence-corrected chi connectivity index (χ4v) is 4.78. The van der Waals surface area contributed by atoms with Crippen LogP contribution in [0.4, 0.5) is 0 Å². The van der Waals surface area contributed by atoms with Gasteiger partial charge in [0, 0.05) is 52.9 Å². The molecule has 0 radical (unpaired) electrons. The highest BCUT2D eigenvalue weighted by Gasteiger charge is 2.35. The number of methoxy groups -OCH3 is 2. The summed E-state index contributed by atoms with van der Waals surface area (Å²) in [6.45, 7) is 6.93. The van der Waals surface area contributed by atoms with E-state index >= 15 is 0 Å². The third-order valence-electron chi connectivity index (χ3n) is 6.51. The van der Waals surface area contributed by atoms with Gasteiger partial charge >= 0.3 is 0 Å². The number of aryl methyl sites for hydroxylation is 1. The van der Waals surface area contributed by atoms with E-state index in [0.29, 0.717) is 31.5 Å². The Balaban J connectivity index is 1.51. The van der Waals surface area contributed by atoms with Crippen LogP contribution in [0.1, 0.15) is 22.6 Å². The second-order valence-electron chi connectivity index (χ2n) is 8.92. The Hall–Kier alpha value is -2.61. The van der Waals surface area contributed by atoms with Crippen LogP contribution in [0.25, 0.3) is 0 Å². The molecule has 2 unspecified atom stereocenters. The third-order valence-corrected chi connectivity index (χ3v) is 6.51. The molecule has 33 heavy (non-hydrogen) atoms. The fraction of sp³-hybridized carbons (Fsp3) is 0.500. The molecule has 7 nitrogen and oxygen atoms in total. The minimum Gasteiger partial charge on any atom is -0.454 e. The average Bonchev–Trinajstić information content (AvgIpc) is 3.43. The summed E-state index contributed by atoms with van der Waals surface area (Å²) in [4.78, 5) is 17.1. The molecule has 1 saturated heterocycles. The van der Waals surface area contributed by atoms with Crippen molar-refractivity contribution in [3.8, 4) is 11.5 Å². The van der Waals surface area contributed by atoms with Gasteiger partial charge in [-0.2, -0.15) is 0 Å². The molecule has 0 N–H and O–H groups in total. The normalized spacial score (nSPS) is 19.7. The lowest BCUT2D eigenvalue weighted by molar-refractivity contribution is -0.136. The van der Waals surface area contributed by atoms with Crippen molar-refractivity contribution in [3.63, 3.8) is 0 Å². The quantitative estimate of drug-likeness (QED) is 0.550. The maximum atomic E-state index is 12.7. The van der Waals surface area contributed by atoms with Gasteiger partial charge in [0.1, 0.15) is 6.61 Å². The molecule has 178 valence electrons. The molecule has 2 heterocycles. The van der Waals surface area contributed by atoms with Crippen LogP contribution in [0.2, 0.25) is 0 Å². The van der Waals surface area contributed by atoms with Gasteiger partial charge in [-0.15, -0.1) is 0 Å². The van der Waals surface area contributed by atoms with E-state index in [9.17, 15) is 4.79 Å². The summed E-state index contributed by atoms with van der Waals surface area (Å²) in [5.41, 5.74) is 3.78. The van der Waals surface area contributed by atoms with E-state index in [1.165, 1.54) is 16.7 Å². The van der Waals surface area contributed by atoms with Gasteiger partial charge in [-0.3, -0.25) is 9.69 Å². The summed E-state index contributed by atoms with van der Waals surface area (Å²) in [5, 5.41) is 0. The van der Waals surface area contributed by atoms with Crippen LogP contribution in [-0.2, 0) is 20.8 Å². The molecule has 2 aromatic carbocycles. The van der Waals surface area contributed by atoms with Crippen molar-refractivity contribution in [1.82, 2.24) is 9.80 Å². The lowest BCUT2D eigenvalue weighted by Crippen LogP contribution is -2.41. The Kier molecular flexibility index (Phi) is 7.85. The van der Waals surface area contributed by atoms with Gasteiger partial charge in [-0.05, 0) is 36.1 Å². The number of hydrogen-bond donors (Lipinski definition) is 0. The van der Waals surface area contributed by atoms with Crippen molar-refractivity contribution < 1.29 is 23.7 Å². The van der Waals surface area contributed by atoms with Crippen LogP contribution in [0.3, 0.4) is 0 Å². The minimum atomic E-state index is 0.00595. The molecular weight excluding hydrogens is 420 g/mol. The number of likely N-dealkylation sites (tertiary alicyclic amines) is 1. The van der Waals surface area contributed by atoms with Crippen molar-refractivity contribution in [1.29, 1.82) is 0 Å². The average molecular weight is 455 g/mol. The van der Waals surface area contributed by atoms with E-state index < -0.39 is 0 Å². The summed E-state index contributed by atoms with van der Waals surface area (Å²) < 4.78 is 21.4. The van der Waals surface area contributed by atoms with Gasteiger partial charge in [0.05, 0.1) is 6.61 Å². The SMILES string of the molecule is COCCN(CC1CN(Cc2ccc3c(c2)OCO3)CC1c1ccc(C)cc1)C(=O)COC. The Morgan fingerprint density at radius 1 is 1.06 bits per heavy atom. The standard InChI is InChI=1S/C26H34N2O5/c1-19-4-7-21(8-5-19)23-16-27(13-20-6-9-24-25(12-20)33-18-32-24)14-22(23)15-28(10-11-30-2)26(29)17-31-3/h4-9,12,22-23H,10-11,13-18H2,1-3H3. The van der Waals surface area contributed by atoms with Crippen molar-refractivity contribution in [2.45, 2.75) is 19.4 Å². The van der Waals surface area contributed by atoms with E-state index in [-0.39, 0.29) is 19.3 Å². The predicted octanol–water partition coefficient (Wildman–Crippen LogP) is 3.06. The lowest BCUT2D eigenvalue weighted by atomic mass is 9.88. The van der Waals surface area contributed by atoms with E-state index in [4.69, 9.17) is 18.9 Å². The molecule has 0 aliphatic carbocycles. The van der Waals surface area contributed by atoms with Gasteiger partial charge in [0.25, 0.3) is 0 Å². The van der Waals surface area contributed by atoms with Crippen LogP contribution in [0, 0.1) is 12.8 Å². The largest absolute Gasteiger partial charge is 0.454 e. The zero-order valence-electron chi connectivity index (χ0n) is 19.8. The van der Waals surface area contributed by atoms with Crippen LogP contribution in [0.15, 0.2) is 42.5 Å². The van der Waals surface area contributed by atoms with Gasteiger partial charge in [-0.25, -0.2) is 0 Å². The first-order chi connectivity index (χ1) is 16.1. The van der Waals surface area contributed by atoms with Crippen LogP contribution in [-0.4, -0.2) is 76.1 Å². The molecule has 2 aliphatic heterocycles. The molecule has 0 aromatic heterocycles. The monoisotopic (exact) mass is 454 g/mol. The number of fused-ring (bicyclic) bond motifs is 1. The number of amides is 1. The first-order valence-corrected chi connectivity index (χ1v) is 11.5. The fourth-order valence-electron chi connectivity index (χ4n) is 4.78. The van der Waals surface area contributed by atoms with Gasteiger partial charge in [0.15, 0.2) is 11.5 Å². The highest BCUT2D eigenvalue weighted by Crippen LogP contribution is 2.36. The molecule has 0 saturated carbocycles. The highest BCUT2D eigenvalue weighted by atomic mass is 16.7. The number of nitrogens with zero attached hydrogens (tertiary/aromatic N) is 2. The molecule has 0 bridgehead atoms. The predicted molar refractivity (Wildman–Crippen MR) is 126 cm³/mol. The zero-order valence-corrected chi connectivity index (χ0v) is 19.8. The van der Waals surface area contributed by atoms with Crippen LogP contribution >= 0.6 is 0 Å². The number of rotatable bonds is 10. The molecule has 1 amide bonds. The first kappa shape index (κ1) is 23.5. The summed E-state index contributed by atoms with van der Waals surface area (Å²) >= 11 is 0. The molecule has 2 aromatic rings. The highest BCUT2D eigenvalue weighted by molar-refractivity contribution is 5.77. The first-order valence-electron chi connectivity index (χ1n) is 11.5. The van der Waals surface area contributed by atoms with Gasteiger partial charge in [-0.1, -0.05) is 35.9 Å². The van der Waals surface area contributed by atoms with Gasteiger partial charge in [0.2, 0.25) is 12.7 Å². The van der Waals surface area contributed by atoms with E-state index in [0.717, 1.165) is 31.1 Å². The van der Waals surface area contributed by atoms with E-state index in [1.807, 2.05) is 11.0 Å². The Bertz CT molecular complexity index is 933.